The second-order valence-corrected chi connectivity index (χ2v) is 5.20. The number of benzene rings is 1. The van der Waals surface area contributed by atoms with Gasteiger partial charge in [0.15, 0.2) is 0 Å². The molecular formula is C14H18F2N2O. The van der Waals surface area contributed by atoms with Gasteiger partial charge in [-0.15, -0.1) is 0 Å². The lowest BCUT2D eigenvalue weighted by molar-refractivity contribution is 0.0611. The summed E-state index contributed by atoms with van der Waals surface area (Å²) in [4.78, 5) is 14.0. The van der Waals surface area contributed by atoms with E-state index < -0.39 is 11.6 Å². The van der Waals surface area contributed by atoms with Crippen molar-refractivity contribution in [1.29, 1.82) is 0 Å². The average Bonchev–Trinajstić information content (AvgIpc) is 2.36. The summed E-state index contributed by atoms with van der Waals surface area (Å²) >= 11 is 0. The molecule has 1 amide bonds. The molecule has 1 saturated heterocycles. The lowest BCUT2D eigenvalue weighted by atomic mass is 10.1. The zero-order chi connectivity index (χ0) is 14.2. The zero-order valence-corrected chi connectivity index (χ0v) is 11.3. The first-order chi connectivity index (χ1) is 8.90. The van der Waals surface area contributed by atoms with Gasteiger partial charge in [-0.1, -0.05) is 0 Å². The first kappa shape index (κ1) is 13.9. The molecule has 0 spiro atoms. The van der Waals surface area contributed by atoms with Crippen LogP contribution in [0, 0.1) is 18.6 Å². The second kappa shape index (κ2) is 5.25. The van der Waals surface area contributed by atoms with Gasteiger partial charge in [0, 0.05) is 31.2 Å². The number of aryl methyl sites for hydroxylation is 1. The van der Waals surface area contributed by atoms with Crippen LogP contribution < -0.4 is 5.32 Å². The maximum atomic E-state index is 13.8. The van der Waals surface area contributed by atoms with Gasteiger partial charge in [0.2, 0.25) is 0 Å². The highest BCUT2D eigenvalue weighted by Crippen LogP contribution is 2.18. The minimum absolute atomic E-state index is 0.00606. The fourth-order valence-electron chi connectivity index (χ4n) is 2.28. The number of rotatable bonds is 1. The lowest BCUT2D eigenvalue weighted by Gasteiger charge is -2.37. The van der Waals surface area contributed by atoms with Gasteiger partial charge in [-0.05, 0) is 32.4 Å². The van der Waals surface area contributed by atoms with Crippen LogP contribution in [0.3, 0.4) is 0 Å². The summed E-state index contributed by atoms with van der Waals surface area (Å²) in [6.07, 6.45) is 0. The Hall–Kier alpha value is -1.49. The normalized spacial score (nSPS) is 23.5. The standard InChI is InChI=1S/C14H18F2N2O/c1-8-4-11(13(16)5-12(8)15)14(19)18-7-9(2)17-6-10(18)3/h4-5,9-10,17H,6-7H2,1-3H3. The number of hydrogen-bond acceptors (Lipinski definition) is 2. The first-order valence-corrected chi connectivity index (χ1v) is 6.40. The number of carbonyl (C=O) groups excluding carboxylic acids is 1. The summed E-state index contributed by atoms with van der Waals surface area (Å²) in [5.74, 6) is -1.80. The molecule has 1 aliphatic rings. The third kappa shape index (κ3) is 2.76. The van der Waals surface area contributed by atoms with E-state index in [9.17, 15) is 13.6 Å². The predicted octanol–water partition coefficient (Wildman–Crippen LogP) is 2.10. The van der Waals surface area contributed by atoms with Crippen LogP contribution in [0.25, 0.3) is 0 Å². The number of amides is 1. The minimum Gasteiger partial charge on any atom is -0.333 e. The summed E-state index contributed by atoms with van der Waals surface area (Å²) < 4.78 is 27.0. The SMILES string of the molecule is Cc1cc(C(=O)N2CC(C)NCC2C)c(F)cc1F. The van der Waals surface area contributed by atoms with Gasteiger partial charge in [-0.2, -0.15) is 0 Å². The van der Waals surface area contributed by atoms with Gasteiger partial charge in [-0.25, -0.2) is 8.78 Å². The average molecular weight is 268 g/mol. The predicted molar refractivity (Wildman–Crippen MR) is 69.1 cm³/mol. The van der Waals surface area contributed by atoms with Crippen LogP contribution in [0.1, 0.15) is 29.8 Å². The summed E-state index contributed by atoms with van der Waals surface area (Å²) in [5.41, 5.74) is 0.223. The second-order valence-electron chi connectivity index (χ2n) is 5.20. The molecule has 1 heterocycles. The third-order valence-electron chi connectivity index (χ3n) is 3.50. The number of hydrogen-bond donors (Lipinski definition) is 1. The monoisotopic (exact) mass is 268 g/mol. The Kier molecular flexibility index (Phi) is 3.85. The Labute approximate surface area is 111 Å². The van der Waals surface area contributed by atoms with Crippen molar-refractivity contribution < 1.29 is 13.6 Å². The molecule has 2 rings (SSSR count). The number of piperazine rings is 1. The van der Waals surface area contributed by atoms with Gasteiger partial charge in [0.05, 0.1) is 5.56 Å². The zero-order valence-electron chi connectivity index (χ0n) is 11.3. The van der Waals surface area contributed by atoms with E-state index in [2.05, 4.69) is 5.32 Å². The van der Waals surface area contributed by atoms with Crippen molar-refractivity contribution in [2.45, 2.75) is 32.9 Å². The summed E-state index contributed by atoms with van der Waals surface area (Å²) in [6.45, 7) is 6.60. The molecule has 2 atom stereocenters. The van der Waals surface area contributed by atoms with E-state index in [1.165, 1.54) is 13.0 Å². The van der Waals surface area contributed by atoms with Crippen molar-refractivity contribution in [3.8, 4) is 0 Å². The Morgan fingerprint density at radius 1 is 1.32 bits per heavy atom. The molecular weight excluding hydrogens is 250 g/mol. The molecule has 0 bridgehead atoms. The molecule has 0 saturated carbocycles. The van der Waals surface area contributed by atoms with Crippen molar-refractivity contribution in [3.63, 3.8) is 0 Å². The summed E-state index contributed by atoms with van der Waals surface area (Å²) in [5, 5.41) is 3.26. The fraction of sp³-hybridized carbons (Fsp3) is 0.500. The molecule has 1 aromatic carbocycles. The van der Waals surface area contributed by atoms with Crippen LogP contribution >= 0.6 is 0 Å². The molecule has 0 aliphatic carbocycles. The number of nitrogens with one attached hydrogen (secondary N) is 1. The highest BCUT2D eigenvalue weighted by atomic mass is 19.1. The van der Waals surface area contributed by atoms with E-state index in [-0.39, 0.29) is 29.1 Å². The minimum atomic E-state index is -0.800. The van der Waals surface area contributed by atoms with E-state index in [0.717, 1.165) is 6.07 Å². The molecule has 3 nitrogen and oxygen atoms in total. The fourth-order valence-corrected chi connectivity index (χ4v) is 2.28. The molecule has 104 valence electrons. The van der Waals surface area contributed by atoms with E-state index in [1.54, 1.807) is 4.90 Å². The van der Waals surface area contributed by atoms with Crippen LogP contribution in [0.2, 0.25) is 0 Å². The quantitative estimate of drug-likeness (QED) is 0.846. The van der Waals surface area contributed by atoms with Crippen molar-refractivity contribution in [2.24, 2.45) is 0 Å². The maximum absolute atomic E-state index is 13.8. The Morgan fingerprint density at radius 3 is 2.68 bits per heavy atom. The van der Waals surface area contributed by atoms with Crippen LogP contribution in [-0.4, -0.2) is 36.0 Å². The Balaban J connectivity index is 2.31. The van der Waals surface area contributed by atoms with E-state index in [1.807, 2.05) is 13.8 Å². The van der Waals surface area contributed by atoms with Crippen molar-refractivity contribution >= 4 is 5.91 Å². The molecule has 5 heteroatoms. The van der Waals surface area contributed by atoms with E-state index >= 15 is 0 Å². The van der Waals surface area contributed by atoms with Gasteiger partial charge in [0.25, 0.3) is 5.91 Å². The number of nitrogens with zero attached hydrogens (tertiary/aromatic N) is 1. The van der Waals surface area contributed by atoms with Gasteiger partial charge >= 0.3 is 0 Å². The Morgan fingerprint density at radius 2 is 2.00 bits per heavy atom. The molecule has 1 N–H and O–H groups in total. The molecule has 1 fully saturated rings. The summed E-state index contributed by atoms with van der Waals surface area (Å²) in [6, 6.07) is 2.23. The van der Waals surface area contributed by atoms with Crippen LogP contribution in [0.5, 0.6) is 0 Å². The van der Waals surface area contributed by atoms with Crippen molar-refractivity contribution in [2.75, 3.05) is 13.1 Å². The highest BCUT2D eigenvalue weighted by Gasteiger charge is 2.29. The molecule has 19 heavy (non-hydrogen) atoms. The van der Waals surface area contributed by atoms with Crippen molar-refractivity contribution in [3.05, 3.63) is 34.9 Å². The number of carbonyl (C=O) groups is 1. The largest absolute Gasteiger partial charge is 0.333 e. The summed E-state index contributed by atoms with van der Waals surface area (Å²) in [7, 11) is 0. The topological polar surface area (TPSA) is 32.3 Å². The van der Waals surface area contributed by atoms with Crippen LogP contribution in [0.15, 0.2) is 12.1 Å². The van der Waals surface area contributed by atoms with Crippen LogP contribution in [-0.2, 0) is 0 Å². The van der Waals surface area contributed by atoms with Gasteiger partial charge in [-0.3, -0.25) is 4.79 Å². The molecule has 2 unspecified atom stereocenters. The molecule has 1 aromatic rings. The van der Waals surface area contributed by atoms with Crippen molar-refractivity contribution in [1.82, 2.24) is 10.2 Å². The maximum Gasteiger partial charge on any atom is 0.257 e. The van der Waals surface area contributed by atoms with E-state index in [0.29, 0.717) is 13.1 Å². The first-order valence-electron chi connectivity index (χ1n) is 6.40. The Bertz CT molecular complexity index is 504. The van der Waals surface area contributed by atoms with Gasteiger partial charge < -0.3 is 10.2 Å². The van der Waals surface area contributed by atoms with E-state index in [4.69, 9.17) is 0 Å². The highest BCUT2D eigenvalue weighted by molar-refractivity contribution is 5.95. The molecule has 0 aromatic heterocycles. The third-order valence-corrected chi connectivity index (χ3v) is 3.50. The number of halogens is 2. The lowest BCUT2D eigenvalue weighted by Crippen LogP contribution is -2.56. The molecule has 0 radical (unpaired) electrons. The smallest absolute Gasteiger partial charge is 0.257 e. The molecule has 1 aliphatic heterocycles. The van der Waals surface area contributed by atoms with Crippen LogP contribution in [0.4, 0.5) is 8.78 Å². The van der Waals surface area contributed by atoms with Gasteiger partial charge in [0.1, 0.15) is 11.6 Å².